The van der Waals surface area contributed by atoms with Crippen LogP contribution in [0.15, 0.2) is 46.9 Å². The molecule has 0 bridgehead atoms. The van der Waals surface area contributed by atoms with Crippen LogP contribution in [-0.4, -0.2) is 21.6 Å². The molecule has 3 aromatic rings. The van der Waals surface area contributed by atoms with Crippen molar-refractivity contribution in [2.45, 2.75) is 52.6 Å². The quantitative estimate of drug-likeness (QED) is 0.589. The van der Waals surface area contributed by atoms with E-state index in [1.54, 1.807) is 0 Å². The number of hydrogen-bond acceptors (Lipinski definition) is 5. The summed E-state index contributed by atoms with van der Waals surface area (Å²) >= 11 is 1.85. The van der Waals surface area contributed by atoms with Gasteiger partial charge in [0, 0.05) is 28.3 Å². The Morgan fingerprint density at radius 2 is 1.77 bits per heavy atom. The van der Waals surface area contributed by atoms with E-state index in [0.717, 1.165) is 19.5 Å². The fourth-order valence-corrected chi connectivity index (χ4v) is 3.68. The predicted molar refractivity (Wildman–Crippen MR) is 106 cm³/mol. The summed E-state index contributed by atoms with van der Waals surface area (Å²) < 4.78 is 5.91. The molecule has 3 rings (SSSR count). The Morgan fingerprint density at radius 3 is 2.38 bits per heavy atom. The van der Waals surface area contributed by atoms with E-state index in [9.17, 15) is 0 Å². The molecule has 0 radical (unpaired) electrons. The lowest BCUT2D eigenvalue weighted by Gasteiger charge is -2.20. The molecule has 0 unspecified atom stereocenters. The number of hydrogen-bond donors (Lipinski definition) is 0. The van der Waals surface area contributed by atoms with Crippen LogP contribution in [0.3, 0.4) is 0 Å². The average Bonchev–Trinajstić information content (AvgIpc) is 3.22. The van der Waals surface area contributed by atoms with Gasteiger partial charge in [-0.2, -0.15) is 0 Å². The van der Waals surface area contributed by atoms with Crippen molar-refractivity contribution in [1.82, 2.24) is 15.1 Å². The van der Waals surface area contributed by atoms with Gasteiger partial charge in [0.05, 0.1) is 6.54 Å². The van der Waals surface area contributed by atoms with Crippen LogP contribution in [0.5, 0.6) is 0 Å². The molecule has 0 aliphatic carbocycles. The highest BCUT2D eigenvalue weighted by Crippen LogP contribution is 2.22. The topological polar surface area (TPSA) is 42.2 Å². The molecule has 2 aromatic heterocycles. The minimum atomic E-state index is -0.120. The highest BCUT2D eigenvalue weighted by molar-refractivity contribution is 7.11. The number of nitrogens with zero attached hydrogens (tertiary/aromatic N) is 3. The molecule has 1 aromatic carbocycles. The molecular formula is C21H27N3OS. The summed E-state index contributed by atoms with van der Waals surface area (Å²) in [5.41, 5.74) is 1.23. The van der Waals surface area contributed by atoms with Crippen LogP contribution in [0.2, 0.25) is 0 Å². The number of rotatable bonds is 7. The minimum Gasteiger partial charge on any atom is -0.423 e. The van der Waals surface area contributed by atoms with Crippen molar-refractivity contribution in [2.24, 2.45) is 0 Å². The average molecular weight is 370 g/mol. The van der Waals surface area contributed by atoms with E-state index in [4.69, 9.17) is 4.42 Å². The van der Waals surface area contributed by atoms with Crippen molar-refractivity contribution >= 4 is 11.3 Å². The minimum absolute atomic E-state index is 0.120. The van der Waals surface area contributed by atoms with Gasteiger partial charge < -0.3 is 4.42 Å². The van der Waals surface area contributed by atoms with E-state index in [-0.39, 0.29) is 5.41 Å². The Hall–Kier alpha value is -1.98. The standard InChI is InChI=1S/C21H27N3OS/c1-16-10-11-18(26-16)14-24(13-12-17-8-6-5-7-9-17)15-19-22-23-20(25-19)21(2,3)4/h5-11H,12-15H2,1-4H3. The van der Waals surface area contributed by atoms with Crippen molar-refractivity contribution in [3.05, 3.63) is 69.6 Å². The van der Waals surface area contributed by atoms with Crippen LogP contribution in [-0.2, 0) is 24.9 Å². The molecule has 0 spiro atoms. The van der Waals surface area contributed by atoms with E-state index < -0.39 is 0 Å². The zero-order chi connectivity index (χ0) is 18.6. The Labute approximate surface area is 159 Å². The van der Waals surface area contributed by atoms with E-state index in [0.29, 0.717) is 18.3 Å². The number of aromatic nitrogens is 2. The molecule has 0 amide bonds. The lowest BCUT2D eigenvalue weighted by Crippen LogP contribution is -2.25. The van der Waals surface area contributed by atoms with Crippen molar-refractivity contribution < 1.29 is 4.42 Å². The Balaban J connectivity index is 1.70. The molecule has 0 fully saturated rings. The first-order chi connectivity index (χ1) is 12.4. The second-order valence-electron chi connectivity index (χ2n) is 7.71. The molecule has 0 aliphatic heterocycles. The third-order valence-corrected chi connectivity index (χ3v) is 5.19. The van der Waals surface area contributed by atoms with E-state index in [1.807, 2.05) is 11.3 Å². The van der Waals surface area contributed by atoms with Crippen molar-refractivity contribution in [2.75, 3.05) is 6.54 Å². The second-order valence-corrected chi connectivity index (χ2v) is 9.08. The van der Waals surface area contributed by atoms with Crippen LogP contribution in [0, 0.1) is 6.92 Å². The zero-order valence-electron chi connectivity index (χ0n) is 16.0. The Morgan fingerprint density at radius 1 is 1.00 bits per heavy atom. The first-order valence-corrected chi connectivity index (χ1v) is 9.86. The SMILES string of the molecule is Cc1ccc(CN(CCc2ccccc2)Cc2nnc(C(C)(C)C)o2)s1. The predicted octanol–water partition coefficient (Wildman–Crippen LogP) is 4.98. The van der Waals surface area contributed by atoms with Crippen molar-refractivity contribution in [3.63, 3.8) is 0 Å². The number of thiophene rings is 1. The van der Waals surface area contributed by atoms with Crippen molar-refractivity contribution in [3.8, 4) is 0 Å². The molecule has 0 saturated heterocycles. The number of aryl methyl sites for hydroxylation is 1. The van der Waals surface area contributed by atoms with Gasteiger partial charge in [-0.3, -0.25) is 4.90 Å². The first-order valence-electron chi connectivity index (χ1n) is 9.04. The summed E-state index contributed by atoms with van der Waals surface area (Å²) in [5, 5.41) is 8.50. The van der Waals surface area contributed by atoms with Crippen LogP contribution in [0.25, 0.3) is 0 Å². The van der Waals surface area contributed by atoms with Gasteiger partial charge in [-0.25, -0.2) is 0 Å². The first kappa shape index (κ1) is 18.8. The fourth-order valence-electron chi connectivity index (χ4n) is 2.75. The van der Waals surface area contributed by atoms with E-state index in [1.165, 1.54) is 15.3 Å². The summed E-state index contributed by atoms with van der Waals surface area (Å²) in [4.78, 5) is 5.10. The van der Waals surface area contributed by atoms with Crippen LogP contribution < -0.4 is 0 Å². The van der Waals surface area contributed by atoms with E-state index in [2.05, 4.69) is 85.3 Å². The fraction of sp³-hybridized carbons (Fsp3) is 0.429. The molecule has 138 valence electrons. The van der Waals surface area contributed by atoms with Gasteiger partial charge in [0.25, 0.3) is 0 Å². The molecule has 26 heavy (non-hydrogen) atoms. The monoisotopic (exact) mass is 369 g/mol. The highest BCUT2D eigenvalue weighted by atomic mass is 32.1. The Bertz CT molecular complexity index is 817. The molecule has 0 atom stereocenters. The van der Waals surface area contributed by atoms with E-state index >= 15 is 0 Å². The molecule has 0 aliphatic rings. The van der Waals surface area contributed by atoms with Gasteiger partial charge in [-0.15, -0.1) is 21.5 Å². The second kappa shape index (κ2) is 8.14. The van der Waals surface area contributed by atoms with Gasteiger partial charge >= 0.3 is 0 Å². The van der Waals surface area contributed by atoms with Crippen LogP contribution in [0.1, 0.15) is 47.9 Å². The smallest absolute Gasteiger partial charge is 0.230 e. The largest absolute Gasteiger partial charge is 0.423 e. The van der Waals surface area contributed by atoms with Crippen molar-refractivity contribution in [1.29, 1.82) is 0 Å². The molecule has 0 saturated carbocycles. The maximum absolute atomic E-state index is 5.91. The normalized spacial score (nSPS) is 12.0. The number of benzene rings is 1. The van der Waals surface area contributed by atoms with Gasteiger partial charge in [0.1, 0.15) is 0 Å². The molecule has 4 nitrogen and oxygen atoms in total. The van der Waals surface area contributed by atoms with Gasteiger partial charge in [0.15, 0.2) is 0 Å². The molecule has 0 N–H and O–H groups in total. The maximum Gasteiger partial charge on any atom is 0.230 e. The van der Waals surface area contributed by atoms with Gasteiger partial charge in [-0.05, 0) is 31.0 Å². The Kier molecular flexibility index (Phi) is 5.89. The zero-order valence-corrected chi connectivity index (χ0v) is 16.8. The van der Waals surface area contributed by atoms with Crippen LogP contribution in [0.4, 0.5) is 0 Å². The maximum atomic E-state index is 5.91. The summed E-state index contributed by atoms with van der Waals surface area (Å²) in [6, 6.07) is 15.0. The third-order valence-electron chi connectivity index (χ3n) is 4.20. The van der Waals surface area contributed by atoms with Gasteiger partial charge in [0.2, 0.25) is 11.8 Å². The lowest BCUT2D eigenvalue weighted by molar-refractivity contribution is 0.229. The molecule has 5 heteroatoms. The highest BCUT2D eigenvalue weighted by Gasteiger charge is 2.22. The summed E-state index contributed by atoms with van der Waals surface area (Å²) in [6.45, 7) is 10.9. The van der Waals surface area contributed by atoms with Gasteiger partial charge in [-0.1, -0.05) is 51.1 Å². The summed E-state index contributed by atoms with van der Waals surface area (Å²) in [5.74, 6) is 1.39. The molecule has 2 heterocycles. The molecular weight excluding hydrogens is 342 g/mol. The lowest BCUT2D eigenvalue weighted by atomic mass is 9.97. The van der Waals surface area contributed by atoms with Crippen LogP contribution >= 0.6 is 11.3 Å². The summed E-state index contributed by atoms with van der Waals surface area (Å²) in [6.07, 6.45) is 1.01. The summed E-state index contributed by atoms with van der Waals surface area (Å²) in [7, 11) is 0. The third kappa shape index (κ3) is 5.26.